The summed E-state index contributed by atoms with van der Waals surface area (Å²) < 4.78 is 0. The molecule has 1 heterocycles. The molecule has 1 aliphatic heterocycles. The Kier molecular flexibility index (Phi) is 11.7. The molecule has 43 heavy (non-hydrogen) atoms. The van der Waals surface area contributed by atoms with Crippen LogP contribution in [0.25, 0.3) is 0 Å². The molecule has 2 aromatic carbocycles. The number of fused-ring (bicyclic) bond motifs is 1. The number of aryl methyl sites for hydroxylation is 1. The number of hydrazine groups is 1. The average molecular weight is 589 g/mol. The van der Waals surface area contributed by atoms with Crippen molar-refractivity contribution in [3.63, 3.8) is 0 Å². The van der Waals surface area contributed by atoms with Crippen molar-refractivity contribution in [3.05, 3.63) is 59.2 Å². The number of hydrogen-bond donors (Lipinski definition) is 2. The number of anilines is 1. The van der Waals surface area contributed by atoms with E-state index in [1.807, 2.05) is 43.3 Å². The van der Waals surface area contributed by atoms with Gasteiger partial charge in [-0.05, 0) is 55.9 Å². The third-order valence-electron chi connectivity index (χ3n) is 8.62. The fraction of sp³-hybridized carbons (Fsp3) is 0.529. The van der Waals surface area contributed by atoms with Gasteiger partial charge in [0.25, 0.3) is 5.91 Å². The van der Waals surface area contributed by atoms with E-state index in [0.717, 1.165) is 49.0 Å². The van der Waals surface area contributed by atoms with Crippen LogP contribution in [0.3, 0.4) is 0 Å². The molecule has 2 amide bonds. The number of nitrogens with zero attached hydrogens (tertiary/aromatic N) is 4. The Hall–Kier alpha value is -3.72. The van der Waals surface area contributed by atoms with Gasteiger partial charge in [0.2, 0.25) is 5.91 Å². The molecule has 2 aromatic rings. The number of ketones is 1. The number of guanidine groups is 1. The molecule has 0 radical (unpaired) electrons. The zero-order valence-corrected chi connectivity index (χ0v) is 26.1. The van der Waals surface area contributed by atoms with Crippen molar-refractivity contribution < 1.29 is 14.4 Å². The number of unbranched alkanes of at least 4 members (excludes halogenated alkanes) is 3. The van der Waals surface area contributed by atoms with Gasteiger partial charge in [-0.15, -0.1) is 0 Å². The van der Waals surface area contributed by atoms with Crippen LogP contribution in [-0.4, -0.2) is 59.5 Å². The van der Waals surface area contributed by atoms with Gasteiger partial charge in [0, 0.05) is 44.6 Å². The van der Waals surface area contributed by atoms with Gasteiger partial charge in [-0.3, -0.25) is 14.4 Å². The zero-order chi connectivity index (χ0) is 30.8. The van der Waals surface area contributed by atoms with Crippen molar-refractivity contribution in [1.29, 1.82) is 0 Å². The molecule has 0 unspecified atom stereocenters. The summed E-state index contributed by atoms with van der Waals surface area (Å²) in [7, 11) is 1.71. The maximum Gasteiger partial charge on any atom is 0.260 e. The maximum absolute atomic E-state index is 13.3. The molecule has 9 nitrogen and oxygen atoms in total. The molecule has 0 bridgehead atoms. The quantitative estimate of drug-likeness (QED) is 0.159. The third kappa shape index (κ3) is 8.22. The molecule has 2 aliphatic rings. The molecule has 0 spiro atoms. The van der Waals surface area contributed by atoms with E-state index in [-0.39, 0.29) is 36.5 Å². The Morgan fingerprint density at radius 3 is 2.47 bits per heavy atom. The minimum absolute atomic E-state index is 0.0279. The monoisotopic (exact) mass is 588 g/mol. The van der Waals surface area contributed by atoms with E-state index in [1.165, 1.54) is 30.7 Å². The lowest BCUT2D eigenvalue weighted by atomic mass is 9.99. The second-order valence-corrected chi connectivity index (χ2v) is 11.7. The molecule has 0 saturated heterocycles. The number of nitrogens with one attached hydrogen (secondary N) is 1. The van der Waals surface area contributed by atoms with E-state index in [2.05, 4.69) is 22.2 Å². The summed E-state index contributed by atoms with van der Waals surface area (Å²) in [6, 6.07) is 13.6. The molecular weight excluding hydrogens is 540 g/mol. The van der Waals surface area contributed by atoms with Crippen LogP contribution in [0.15, 0.2) is 47.5 Å². The molecule has 0 atom stereocenters. The minimum Gasteiger partial charge on any atom is -0.369 e. The van der Waals surface area contributed by atoms with Crippen LogP contribution in [0.1, 0.15) is 99.0 Å². The van der Waals surface area contributed by atoms with Gasteiger partial charge < -0.3 is 15.5 Å². The molecule has 0 aromatic heterocycles. The van der Waals surface area contributed by atoms with Gasteiger partial charge in [0.05, 0.1) is 11.4 Å². The molecule has 4 rings (SSSR count). The topological polar surface area (TPSA) is 111 Å². The first-order chi connectivity index (χ1) is 20.8. The molecular formula is C34H48N6O3. The zero-order valence-electron chi connectivity index (χ0n) is 26.1. The summed E-state index contributed by atoms with van der Waals surface area (Å²) in [6.07, 6.45) is 10.3. The number of Topliss-reactive ketones (excluding diaryl/α,β-unsaturated/α-hetero) is 1. The predicted octanol–water partition coefficient (Wildman–Crippen LogP) is 5.63. The summed E-state index contributed by atoms with van der Waals surface area (Å²) in [5, 5.41) is 1.51. The third-order valence-corrected chi connectivity index (χ3v) is 8.62. The van der Waals surface area contributed by atoms with Crippen LogP contribution in [0.5, 0.6) is 0 Å². The van der Waals surface area contributed by atoms with E-state index in [4.69, 9.17) is 5.73 Å². The highest BCUT2D eigenvalue weighted by Crippen LogP contribution is 2.31. The highest BCUT2D eigenvalue weighted by molar-refractivity contribution is 6.03. The number of hydrogen-bond acceptors (Lipinski definition) is 7. The number of amides is 2. The summed E-state index contributed by atoms with van der Waals surface area (Å²) in [6.45, 7) is 5.38. The number of rotatable bonds is 15. The fourth-order valence-electron chi connectivity index (χ4n) is 6.23. The Balaban J connectivity index is 1.36. The van der Waals surface area contributed by atoms with Crippen molar-refractivity contribution in [2.45, 2.75) is 97.1 Å². The number of carbonyl (C=O) groups excluding carboxylic acids is 3. The first kappa shape index (κ1) is 32.2. The molecule has 1 saturated carbocycles. The van der Waals surface area contributed by atoms with Crippen molar-refractivity contribution in [1.82, 2.24) is 15.2 Å². The van der Waals surface area contributed by atoms with E-state index < -0.39 is 0 Å². The number of benzene rings is 2. The molecule has 1 fully saturated rings. The number of carbonyl (C=O) groups is 3. The van der Waals surface area contributed by atoms with Crippen molar-refractivity contribution in [2.24, 2.45) is 10.7 Å². The summed E-state index contributed by atoms with van der Waals surface area (Å²) in [5.74, 6) is 0.164. The SMILES string of the molecule is CCCCCCN(C(=O)CCCC(=O)c1cccc2c1N=C(N)N(CC(=O)N(NC)c1ccccc1C)C2)C1CCCC1. The van der Waals surface area contributed by atoms with Crippen LogP contribution >= 0.6 is 0 Å². The Labute approximate surface area is 256 Å². The standard InChI is InChI=1S/C34H48N6O3/c1-4-5-6-11-22-39(27-16-8-9-17-27)31(42)21-13-20-30(41)28-18-12-15-26-23-38(34(35)37-33(26)28)24-32(43)40(36-3)29-19-10-7-14-25(29)2/h7,10,12,14-15,18-19,27,36H,4-6,8-9,11,13,16-17,20-24H2,1-3H3,(H2,35,37). The molecule has 232 valence electrons. The van der Waals surface area contributed by atoms with E-state index in [9.17, 15) is 14.4 Å². The lowest BCUT2D eigenvalue weighted by Crippen LogP contribution is -2.50. The second-order valence-electron chi connectivity index (χ2n) is 11.7. The van der Waals surface area contributed by atoms with Gasteiger partial charge in [0.15, 0.2) is 11.7 Å². The lowest BCUT2D eigenvalue weighted by molar-refractivity contribution is -0.133. The first-order valence-corrected chi connectivity index (χ1v) is 15.9. The van der Waals surface area contributed by atoms with Gasteiger partial charge in [-0.25, -0.2) is 15.4 Å². The average Bonchev–Trinajstić information content (AvgIpc) is 3.53. The summed E-state index contributed by atoms with van der Waals surface area (Å²) in [5.41, 5.74) is 13.0. The summed E-state index contributed by atoms with van der Waals surface area (Å²) in [4.78, 5) is 48.2. The van der Waals surface area contributed by atoms with Crippen LogP contribution in [0.2, 0.25) is 0 Å². The highest BCUT2D eigenvalue weighted by atomic mass is 16.2. The largest absolute Gasteiger partial charge is 0.369 e. The van der Waals surface area contributed by atoms with Gasteiger partial charge in [-0.2, -0.15) is 0 Å². The number of para-hydroxylation sites is 2. The Morgan fingerprint density at radius 2 is 1.74 bits per heavy atom. The van der Waals surface area contributed by atoms with Gasteiger partial charge in [-0.1, -0.05) is 69.4 Å². The summed E-state index contributed by atoms with van der Waals surface area (Å²) >= 11 is 0. The molecule has 9 heteroatoms. The number of nitrogens with two attached hydrogens (primary N) is 1. The van der Waals surface area contributed by atoms with Crippen molar-refractivity contribution >= 4 is 34.9 Å². The molecule has 1 aliphatic carbocycles. The Morgan fingerprint density at radius 1 is 0.977 bits per heavy atom. The fourth-order valence-corrected chi connectivity index (χ4v) is 6.23. The van der Waals surface area contributed by atoms with Crippen LogP contribution < -0.4 is 16.2 Å². The van der Waals surface area contributed by atoms with E-state index in [0.29, 0.717) is 36.7 Å². The lowest BCUT2D eigenvalue weighted by Gasteiger charge is -2.31. The second kappa shape index (κ2) is 15.7. The first-order valence-electron chi connectivity index (χ1n) is 15.9. The Bertz CT molecular complexity index is 1300. The van der Waals surface area contributed by atoms with Crippen LogP contribution in [0.4, 0.5) is 11.4 Å². The van der Waals surface area contributed by atoms with Gasteiger partial charge in [0.1, 0.15) is 6.54 Å². The number of aliphatic imine (C=N–C) groups is 1. The molecule has 3 N–H and O–H groups in total. The van der Waals surface area contributed by atoms with E-state index in [1.54, 1.807) is 18.0 Å². The minimum atomic E-state index is -0.174. The van der Waals surface area contributed by atoms with Gasteiger partial charge >= 0.3 is 0 Å². The maximum atomic E-state index is 13.3. The van der Waals surface area contributed by atoms with Crippen molar-refractivity contribution in [2.75, 3.05) is 25.1 Å². The normalized spacial score (nSPS) is 14.8. The predicted molar refractivity (Wildman–Crippen MR) is 172 cm³/mol. The van der Waals surface area contributed by atoms with Crippen LogP contribution in [0, 0.1) is 6.92 Å². The smallest absolute Gasteiger partial charge is 0.260 e. The highest BCUT2D eigenvalue weighted by Gasteiger charge is 2.28. The van der Waals surface area contributed by atoms with Crippen molar-refractivity contribution in [3.8, 4) is 0 Å². The van der Waals surface area contributed by atoms with Crippen LogP contribution in [-0.2, 0) is 16.1 Å². The van der Waals surface area contributed by atoms with E-state index >= 15 is 0 Å².